The van der Waals surface area contributed by atoms with E-state index in [2.05, 4.69) is 10.6 Å². The molecule has 0 radical (unpaired) electrons. The van der Waals surface area contributed by atoms with Gasteiger partial charge in [-0.3, -0.25) is 0 Å². The van der Waals surface area contributed by atoms with Crippen molar-refractivity contribution >= 4 is 29.0 Å². The van der Waals surface area contributed by atoms with Gasteiger partial charge in [-0.2, -0.15) is 0 Å². The van der Waals surface area contributed by atoms with E-state index in [0.29, 0.717) is 23.7 Å². The van der Waals surface area contributed by atoms with E-state index >= 15 is 0 Å². The van der Waals surface area contributed by atoms with E-state index in [1.165, 1.54) is 39.5 Å². The Labute approximate surface area is 156 Å². The number of thiocarbonyl (C=S) groups is 1. The van der Waals surface area contributed by atoms with Gasteiger partial charge in [-0.05, 0) is 29.9 Å². The van der Waals surface area contributed by atoms with E-state index < -0.39 is 5.97 Å². The number of benzene rings is 2. The number of hydrogen-bond acceptors (Lipinski definition) is 5. The molecule has 138 valence electrons. The van der Waals surface area contributed by atoms with Crippen LogP contribution < -0.4 is 20.1 Å². The standard InChI is InChI=1S/C18H19FN2O4S/c1-23-15-8-13(17(22)25-3)14(9-16(15)24-2)21-18(26)20-10-11-4-6-12(19)7-5-11/h4-9H,10H2,1-3H3,(H2,20,21,26). The van der Waals surface area contributed by atoms with Crippen LogP contribution in [0.1, 0.15) is 15.9 Å². The summed E-state index contributed by atoms with van der Waals surface area (Å²) in [7, 11) is 4.25. The molecule has 0 fully saturated rings. The molecule has 6 nitrogen and oxygen atoms in total. The second-order valence-electron chi connectivity index (χ2n) is 5.18. The number of carbonyl (C=O) groups excluding carboxylic acids is 1. The zero-order valence-corrected chi connectivity index (χ0v) is 15.4. The molecular formula is C18H19FN2O4S. The number of carbonyl (C=O) groups is 1. The fourth-order valence-electron chi connectivity index (χ4n) is 2.21. The van der Waals surface area contributed by atoms with Crippen LogP contribution in [0.2, 0.25) is 0 Å². The summed E-state index contributed by atoms with van der Waals surface area (Å²) in [5.74, 6) is -0.0232. The van der Waals surface area contributed by atoms with Crippen molar-refractivity contribution in [1.82, 2.24) is 5.32 Å². The third kappa shape index (κ3) is 4.82. The number of methoxy groups -OCH3 is 3. The molecule has 0 saturated heterocycles. The van der Waals surface area contributed by atoms with Crippen LogP contribution in [-0.2, 0) is 11.3 Å². The Morgan fingerprint density at radius 1 is 1.08 bits per heavy atom. The lowest BCUT2D eigenvalue weighted by atomic mass is 10.1. The first-order valence-electron chi connectivity index (χ1n) is 7.62. The molecule has 0 bridgehead atoms. The SMILES string of the molecule is COC(=O)c1cc(OC)c(OC)cc1NC(=S)NCc1ccc(F)cc1. The van der Waals surface area contributed by atoms with Crippen LogP contribution in [-0.4, -0.2) is 32.4 Å². The Hall–Kier alpha value is -2.87. The van der Waals surface area contributed by atoms with Crippen LogP contribution in [0.5, 0.6) is 11.5 Å². The molecule has 2 N–H and O–H groups in total. The van der Waals surface area contributed by atoms with Gasteiger partial charge >= 0.3 is 5.97 Å². The summed E-state index contributed by atoms with van der Waals surface area (Å²) in [6.45, 7) is 0.396. The molecule has 2 aromatic carbocycles. The van der Waals surface area contributed by atoms with Gasteiger partial charge in [0.15, 0.2) is 16.6 Å². The second-order valence-corrected chi connectivity index (χ2v) is 5.59. The van der Waals surface area contributed by atoms with E-state index in [1.54, 1.807) is 18.2 Å². The molecule has 26 heavy (non-hydrogen) atoms. The summed E-state index contributed by atoms with van der Waals surface area (Å²) in [6, 6.07) is 9.16. The van der Waals surface area contributed by atoms with Crippen LogP contribution >= 0.6 is 12.2 Å². The van der Waals surface area contributed by atoms with Gasteiger partial charge in [0.25, 0.3) is 0 Å². The molecule has 2 aromatic rings. The minimum Gasteiger partial charge on any atom is -0.493 e. The lowest BCUT2D eigenvalue weighted by Gasteiger charge is -2.16. The predicted molar refractivity (Wildman–Crippen MR) is 100 cm³/mol. The van der Waals surface area contributed by atoms with E-state index in [0.717, 1.165) is 5.56 Å². The van der Waals surface area contributed by atoms with Gasteiger partial charge in [-0.1, -0.05) is 12.1 Å². The van der Waals surface area contributed by atoms with E-state index in [4.69, 9.17) is 26.4 Å². The normalized spacial score (nSPS) is 10.0. The Morgan fingerprint density at radius 2 is 1.69 bits per heavy atom. The Bertz CT molecular complexity index is 797. The predicted octanol–water partition coefficient (Wildman–Crippen LogP) is 3.12. The Morgan fingerprint density at radius 3 is 2.27 bits per heavy atom. The van der Waals surface area contributed by atoms with Gasteiger partial charge in [0.05, 0.1) is 32.6 Å². The zero-order valence-electron chi connectivity index (χ0n) is 14.6. The van der Waals surface area contributed by atoms with E-state index in [9.17, 15) is 9.18 Å². The van der Waals surface area contributed by atoms with Gasteiger partial charge < -0.3 is 24.8 Å². The minimum atomic E-state index is -0.546. The van der Waals surface area contributed by atoms with Crippen molar-refractivity contribution in [2.45, 2.75) is 6.54 Å². The highest BCUT2D eigenvalue weighted by molar-refractivity contribution is 7.80. The van der Waals surface area contributed by atoms with Crippen molar-refractivity contribution in [2.75, 3.05) is 26.6 Å². The third-order valence-corrected chi connectivity index (χ3v) is 3.79. The van der Waals surface area contributed by atoms with Crippen LogP contribution in [0.15, 0.2) is 36.4 Å². The molecule has 0 aliphatic heterocycles. The maximum Gasteiger partial charge on any atom is 0.340 e. The quantitative estimate of drug-likeness (QED) is 0.591. The first kappa shape index (κ1) is 19.5. The molecule has 0 spiro atoms. The number of halogens is 1. The average Bonchev–Trinajstić information content (AvgIpc) is 2.66. The zero-order chi connectivity index (χ0) is 19.1. The number of esters is 1. The number of hydrogen-bond donors (Lipinski definition) is 2. The van der Waals surface area contributed by atoms with Crippen molar-refractivity contribution in [2.24, 2.45) is 0 Å². The van der Waals surface area contributed by atoms with Crippen molar-refractivity contribution < 1.29 is 23.4 Å². The highest BCUT2D eigenvalue weighted by Gasteiger charge is 2.18. The highest BCUT2D eigenvalue weighted by atomic mass is 32.1. The number of rotatable bonds is 6. The molecule has 0 aliphatic rings. The Kier molecular flexibility index (Phi) is 6.74. The lowest BCUT2D eigenvalue weighted by Crippen LogP contribution is -2.28. The summed E-state index contributed by atoms with van der Waals surface area (Å²) in [4.78, 5) is 12.0. The molecule has 2 rings (SSSR count). The van der Waals surface area contributed by atoms with Crippen LogP contribution in [0.3, 0.4) is 0 Å². The maximum absolute atomic E-state index is 12.9. The monoisotopic (exact) mass is 378 g/mol. The molecule has 0 heterocycles. The van der Waals surface area contributed by atoms with Gasteiger partial charge in [0, 0.05) is 18.7 Å². The molecule has 0 aromatic heterocycles. The molecule has 0 amide bonds. The number of nitrogens with one attached hydrogen (secondary N) is 2. The second kappa shape index (κ2) is 9.00. The summed E-state index contributed by atoms with van der Waals surface area (Å²) < 4.78 is 28.2. The number of anilines is 1. The van der Waals surface area contributed by atoms with Gasteiger partial charge in [0.1, 0.15) is 5.82 Å². The van der Waals surface area contributed by atoms with Crippen molar-refractivity contribution in [3.8, 4) is 11.5 Å². The summed E-state index contributed by atoms with van der Waals surface area (Å²) in [6.07, 6.45) is 0. The average molecular weight is 378 g/mol. The summed E-state index contributed by atoms with van der Waals surface area (Å²) in [5, 5.41) is 6.22. The first-order chi connectivity index (χ1) is 12.5. The molecular weight excluding hydrogens is 359 g/mol. The summed E-state index contributed by atoms with van der Waals surface area (Å²) >= 11 is 5.26. The van der Waals surface area contributed by atoms with Crippen LogP contribution in [0.25, 0.3) is 0 Å². The molecule has 0 saturated carbocycles. The Balaban J connectivity index is 2.16. The summed E-state index contributed by atoms with van der Waals surface area (Å²) in [5.41, 5.74) is 1.51. The lowest BCUT2D eigenvalue weighted by molar-refractivity contribution is 0.0601. The minimum absolute atomic E-state index is 0.246. The maximum atomic E-state index is 12.9. The van der Waals surface area contributed by atoms with Crippen molar-refractivity contribution in [3.05, 3.63) is 53.3 Å². The first-order valence-corrected chi connectivity index (χ1v) is 8.03. The fraction of sp³-hybridized carbons (Fsp3) is 0.222. The van der Waals surface area contributed by atoms with Gasteiger partial charge in [0.2, 0.25) is 0 Å². The van der Waals surface area contributed by atoms with E-state index in [1.807, 2.05) is 0 Å². The molecule has 0 atom stereocenters. The van der Waals surface area contributed by atoms with Gasteiger partial charge in [-0.15, -0.1) is 0 Å². The third-order valence-electron chi connectivity index (χ3n) is 3.54. The fourth-order valence-corrected chi connectivity index (χ4v) is 2.39. The smallest absolute Gasteiger partial charge is 0.340 e. The topological polar surface area (TPSA) is 68.8 Å². The van der Waals surface area contributed by atoms with Gasteiger partial charge in [-0.25, -0.2) is 9.18 Å². The van der Waals surface area contributed by atoms with Crippen molar-refractivity contribution in [1.29, 1.82) is 0 Å². The largest absolute Gasteiger partial charge is 0.493 e. The van der Waals surface area contributed by atoms with Crippen LogP contribution in [0.4, 0.5) is 10.1 Å². The molecule has 8 heteroatoms. The highest BCUT2D eigenvalue weighted by Crippen LogP contribution is 2.33. The van der Waals surface area contributed by atoms with Crippen LogP contribution in [0, 0.1) is 5.82 Å². The molecule has 0 unspecified atom stereocenters. The molecule has 0 aliphatic carbocycles. The number of ether oxygens (including phenoxy) is 3. The van der Waals surface area contributed by atoms with Crippen molar-refractivity contribution in [3.63, 3.8) is 0 Å². The van der Waals surface area contributed by atoms with E-state index in [-0.39, 0.29) is 16.5 Å².